The number of nitrogens with zero attached hydrogens (tertiary/aromatic N) is 4. The predicted octanol–water partition coefficient (Wildman–Crippen LogP) is 5.57. The van der Waals surface area contributed by atoms with Gasteiger partial charge in [-0.25, -0.2) is 4.99 Å². The van der Waals surface area contributed by atoms with Crippen LogP contribution < -0.4 is 4.90 Å². The molecule has 0 aliphatic carbocycles. The highest BCUT2D eigenvalue weighted by atomic mass is 35.5. The molecule has 0 saturated carbocycles. The Bertz CT molecular complexity index is 883. The number of hydrogen-bond acceptors (Lipinski definition) is 5. The van der Waals surface area contributed by atoms with Crippen LogP contribution in [0.5, 0.6) is 0 Å². The quantitative estimate of drug-likeness (QED) is 0.608. The van der Waals surface area contributed by atoms with E-state index in [1.807, 2.05) is 59.5 Å². The molecule has 0 saturated heterocycles. The minimum Gasteiger partial charge on any atom is -0.290 e. The molecule has 4 rings (SSSR count). The molecule has 1 unspecified atom stereocenters. The van der Waals surface area contributed by atoms with Crippen LogP contribution >= 0.6 is 47.3 Å². The van der Waals surface area contributed by atoms with Crippen LogP contribution in [-0.4, -0.2) is 25.4 Å². The van der Waals surface area contributed by atoms with Crippen molar-refractivity contribution >= 4 is 67.7 Å². The van der Waals surface area contributed by atoms with Gasteiger partial charge in [-0.3, -0.25) is 4.90 Å². The number of para-hydroxylation sites is 1. The number of benzene rings is 2. The van der Waals surface area contributed by atoms with Gasteiger partial charge in [-0.2, -0.15) is 5.01 Å². The number of rotatable bonds is 3. The maximum atomic E-state index is 6.07. The fourth-order valence-corrected chi connectivity index (χ4v) is 5.08. The van der Waals surface area contributed by atoms with E-state index < -0.39 is 0 Å². The van der Waals surface area contributed by atoms with E-state index in [-0.39, 0.29) is 6.17 Å². The van der Waals surface area contributed by atoms with Crippen LogP contribution in [0.15, 0.2) is 64.7 Å². The van der Waals surface area contributed by atoms with Gasteiger partial charge in [0.2, 0.25) is 5.11 Å². The monoisotopic (exact) mass is 418 g/mol. The molecule has 4 nitrogen and oxygen atoms in total. The SMILES string of the molecule is CCSC1=NN2C(=S)N(c3ccccc3)C(c3ccc(Cl)cc3)N=C2S1. The minimum atomic E-state index is -0.248. The Balaban J connectivity index is 1.79. The number of hydrogen-bond donors (Lipinski definition) is 0. The van der Waals surface area contributed by atoms with Crippen LogP contribution in [0.3, 0.4) is 0 Å². The maximum Gasteiger partial charge on any atom is 0.205 e. The molecular formula is C18H15ClN4S3. The van der Waals surface area contributed by atoms with Crippen molar-refractivity contribution in [2.75, 3.05) is 10.7 Å². The van der Waals surface area contributed by atoms with Crippen LogP contribution in [-0.2, 0) is 0 Å². The lowest BCUT2D eigenvalue weighted by molar-refractivity contribution is 0.599. The van der Waals surface area contributed by atoms with Crippen LogP contribution in [0.4, 0.5) is 5.69 Å². The Kier molecular flexibility index (Phi) is 5.22. The van der Waals surface area contributed by atoms with E-state index in [0.717, 1.165) is 26.5 Å². The molecule has 0 bridgehead atoms. The van der Waals surface area contributed by atoms with Gasteiger partial charge >= 0.3 is 0 Å². The van der Waals surface area contributed by atoms with Crippen molar-refractivity contribution < 1.29 is 0 Å². The van der Waals surface area contributed by atoms with Crippen molar-refractivity contribution in [2.24, 2.45) is 10.1 Å². The zero-order chi connectivity index (χ0) is 18.1. The van der Waals surface area contributed by atoms with E-state index in [0.29, 0.717) is 10.1 Å². The molecule has 2 aromatic rings. The number of amidine groups is 1. The van der Waals surface area contributed by atoms with E-state index in [9.17, 15) is 0 Å². The van der Waals surface area contributed by atoms with Gasteiger partial charge in [-0.1, -0.05) is 60.6 Å². The number of thioether (sulfide) groups is 2. The minimum absolute atomic E-state index is 0.248. The summed E-state index contributed by atoms with van der Waals surface area (Å²) in [5.41, 5.74) is 2.02. The Hall–Kier alpha value is -1.54. The first-order valence-electron chi connectivity index (χ1n) is 8.08. The molecule has 8 heteroatoms. The molecule has 2 aromatic carbocycles. The number of thiocarbonyl (C=S) groups is 1. The average molecular weight is 419 g/mol. The normalized spacial score (nSPS) is 19.3. The molecule has 0 spiro atoms. The number of anilines is 1. The third kappa shape index (κ3) is 3.36. The summed E-state index contributed by atoms with van der Waals surface area (Å²) in [6, 6.07) is 17.8. The average Bonchev–Trinajstić information content (AvgIpc) is 3.06. The second-order valence-corrected chi connectivity index (χ2v) is 8.81. The van der Waals surface area contributed by atoms with Crippen LogP contribution in [0.25, 0.3) is 0 Å². The highest BCUT2D eigenvalue weighted by Gasteiger charge is 2.38. The molecule has 2 heterocycles. The summed E-state index contributed by atoms with van der Waals surface area (Å²) >= 11 is 15.1. The third-order valence-corrected chi connectivity index (χ3v) is 6.44. The van der Waals surface area contributed by atoms with E-state index in [1.54, 1.807) is 28.5 Å². The summed E-state index contributed by atoms with van der Waals surface area (Å²) in [6.45, 7) is 2.11. The fourth-order valence-electron chi connectivity index (χ4n) is 2.72. The summed E-state index contributed by atoms with van der Waals surface area (Å²) in [7, 11) is 0. The van der Waals surface area contributed by atoms with E-state index in [2.05, 4.69) is 12.0 Å². The summed E-state index contributed by atoms with van der Waals surface area (Å²) in [6.07, 6.45) is -0.248. The largest absolute Gasteiger partial charge is 0.290 e. The van der Waals surface area contributed by atoms with Gasteiger partial charge in [0.1, 0.15) is 0 Å². The molecule has 26 heavy (non-hydrogen) atoms. The Labute approximate surface area is 171 Å². The first kappa shape index (κ1) is 17.9. The molecule has 0 N–H and O–H groups in total. The zero-order valence-electron chi connectivity index (χ0n) is 13.9. The third-order valence-electron chi connectivity index (χ3n) is 3.88. The lowest BCUT2D eigenvalue weighted by Gasteiger charge is -2.37. The summed E-state index contributed by atoms with van der Waals surface area (Å²) in [4.78, 5) is 6.99. The van der Waals surface area contributed by atoms with Crippen molar-refractivity contribution in [3.63, 3.8) is 0 Å². The zero-order valence-corrected chi connectivity index (χ0v) is 17.1. The maximum absolute atomic E-state index is 6.07. The first-order valence-corrected chi connectivity index (χ1v) is 10.7. The molecule has 0 radical (unpaired) electrons. The van der Waals surface area contributed by atoms with Gasteiger partial charge in [-0.05, 0) is 59.6 Å². The van der Waals surface area contributed by atoms with E-state index in [4.69, 9.17) is 28.8 Å². The number of fused-ring (bicyclic) bond motifs is 1. The lowest BCUT2D eigenvalue weighted by Crippen LogP contribution is -2.47. The Morgan fingerprint density at radius 3 is 2.58 bits per heavy atom. The molecule has 1 atom stereocenters. The van der Waals surface area contributed by atoms with Crippen LogP contribution in [0.1, 0.15) is 18.7 Å². The number of halogens is 1. The van der Waals surface area contributed by atoms with Gasteiger partial charge in [0.25, 0.3) is 0 Å². The molecule has 0 fully saturated rings. The van der Waals surface area contributed by atoms with Gasteiger partial charge in [0.15, 0.2) is 15.7 Å². The second-order valence-electron chi connectivity index (χ2n) is 5.54. The van der Waals surface area contributed by atoms with E-state index >= 15 is 0 Å². The Morgan fingerprint density at radius 1 is 1.15 bits per heavy atom. The van der Waals surface area contributed by atoms with Gasteiger partial charge < -0.3 is 0 Å². The van der Waals surface area contributed by atoms with Gasteiger partial charge in [0.05, 0.1) is 0 Å². The lowest BCUT2D eigenvalue weighted by atomic mass is 10.1. The number of aliphatic imine (C=N–C) groups is 1. The Morgan fingerprint density at radius 2 is 1.88 bits per heavy atom. The van der Waals surface area contributed by atoms with Crippen molar-refractivity contribution in [2.45, 2.75) is 13.1 Å². The smallest absolute Gasteiger partial charge is 0.205 e. The van der Waals surface area contributed by atoms with Crippen LogP contribution in [0, 0.1) is 0 Å². The van der Waals surface area contributed by atoms with Crippen molar-refractivity contribution in [1.29, 1.82) is 0 Å². The predicted molar refractivity (Wildman–Crippen MR) is 118 cm³/mol. The fraction of sp³-hybridized carbons (Fsp3) is 0.167. The van der Waals surface area contributed by atoms with E-state index in [1.165, 1.54) is 0 Å². The first-order chi connectivity index (χ1) is 12.7. The molecule has 0 amide bonds. The summed E-state index contributed by atoms with van der Waals surface area (Å²) < 4.78 is 0.971. The topological polar surface area (TPSA) is 31.2 Å². The summed E-state index contributed by atoms with van der Waals surface area (Å²) in [5.74, 6) is 0.961. The molecular weight excluding hydrogens is 404 g/mol. The van der Waals surface area contributed by atoms with Crippen molar-refractivity contribution in [3.8, 4) is 0 Å². The van der Waals surface area contributed by atoms with Gasteiger partial charge in [0, 0.05) is 10.7 Å². The molecule has 0 aromatic heterocycles. The van der Waals surface area contributed by atoms with Crippen LogP contribution in [0.2, 0.25) is 5.02 Å². The molecule has 132 valence electrons. The standard InChI is InChI=1S/C18H15ClN4S3/c1-2-25-17-21-23-16(26-17)20-15(12-8-10-13(19)11-9-12)22(18(23)24)14-6-4-3-5-7-14/h3-11,15H,2H2,1H3. The number of hydrazone groups is 1. The second kappa shape index (κ2) is 7.60. The summed E-state index contributed by atoms with van der Waals surface area (Å²) in [5, 5.41) is 8.55. The highest BCUT2D eigenvalue weighted by Crippen LogP contribution is 2.39. The van der Waals surface area contributed by atoms with Crippen molar-refractivity contribution in [1.82, 2.24) is 5.01 Å². The molecule has 2 aliphatic rings. The highest BCUT2D eigenvalue weighted by molar-refractivity contribution is 8.45. The van der Waals surface area contributed by atoms with Crippen molar-refractivity contribution in [3.05, 3.63) is 65.2 Å². The molecule has 2 aliphatic heterocycles. The van der Waals surface area contributed by atoms with Gasteiger partial charge in [-0.15, -0.1) is 5.10 Å².